The largest absolute Gasteiger partial charge is 0.588 e. The van der Waals surface area contributed by atoms with E-state index in [2.05, 4.69) is 0 Å². The van der Waals surface area contributed by atoms with Crippen molar-refractivity contribution in [2.75, 3.05) is 11.4 Å². The fourth-order valence-electron chi connectivity index (χ4n) is 2.44. The van der Waals surface area contributed by atoms with Crippen molar-refractivity contribution in [2.45, 2.75) is 0 Å². The summed E-state index contributed by atoms with van der Waals surface area (Å²) in [5.41, 5.74) is 0.494. The highest BCUT2D eigenvalue weighted by molar-refractivity contribution is 7.97. The van der Waals surface area contributed by atoms with Crippen LogP contribution in [0, 0.1) is 11.6 Å². The molecule has 2 aromatic carbocycles. The van der Waals surface area contributed by atoms with Crippen LogP contribution in [0.5, 0.6) is 0 Å². The highest BCUT2D eigenvalue weighted by Crippen LogP contribution is 2.35. The monoisotopic (exact) mass is 363 g/mol. The van der Waals surface area contributed by atoms with Crippen molar-refractivity contribution in [3.05, 3.63) is 69.6 Å². The summed E-state index contributed by atoms with van der Waals surface area (Å²) in [7, 11) is 1.49. The molecular formula is C17H11F2NO4S. The predicted octanol–water partition coefficient (Wildman–Crippen LogP) is 3.00. The third-order valence-corrected chi connectivity index (χ3v) is 5.10. The number of Topliss-reactive ketones (excluding diaryl/α,β-unsaturated/α-hetero) is 1. The molecule has 0 amide bonds. The van der Waals surface area contributed by atoms with Crippen molar-refractivity contribution >= 4 is 34.9 Å². The Bertz CT molecular complexity index is 929. The third kappa shape index (κ3) is 3.01. The maximum Gasteiger partial charge on any atom is 0.335 e. The summed E-state index contributed by atoms with van der Waals surface area (Å²) in [5.74, 6) is -3.95. The molecule has 0 radical (unpaired) electrons. The fraction of sp³-hybridized carbons (Fsp3) is 0.0588. The number of benzene rings is 2. The van der Waals surface area contributed by atoms with Crippen LogP contribution < -0.4 is 4.31 Å². The number of aromatic carboxylic acids is 1. The Labute approximate surface area is 144 Å². The molecule has 2 aromatic rings. The number of hydrogen-bond donors (Lipinski definition) is 1. The van der Waals surface area contributed by atoms with Gasteiger partial charge in [0.25, 0.3) is 0 Å². The zero-order valence-electron chi connectivity index (χ0n) is 12.8. The molecule has 0 aromatic heterocycles. The molecule has 1 aliphatic rings. The van der Waals surface area contributed by atoms with Crippen LogP contribution in [0.15, 0.2) is 41.3 Å². The molecule has 25 heavy (non-hydrogen) atoms. The Morgan fingerprint density at radius 2 is 1.92 bits per heavy atom. The second-order valence-corrected chi connectivity index (χ2v) is 6.78. The molecule has 1 aliphatic heterocycles. The number of ketones is 1. The van der Waals surface area contributed by atoms with Crippen molar-refractivity contribution < 1.29 is 28.0 Å². The van der Waals surface area contributed by atoms with Crippen LogP contribution in [0.3, 0.4) is 0 Å². The van der Waals surface area contributed by atoms with Gasteiger partial charge in [0, 0.05) is 6.08 Å². The van der Waals surface area contributed by atoms with E-state index < -0.39 is 34.7 Å². The van der Waals surface area contributed by atoms with E-state index in [0.717, 1.165) is 12.1 Å². The molecule has 0 aliphatic carbocycles. The van der Waals surface area contributed by atoms with Crippen molar-refractivity contribution in [2.24, 2.45) is 0 Å². The Kier molecular flexibility index (Phi) is 4.32. The minimum Gasteiger partial charge on any atom is -0.588 e. The van der Waals surface area contributed by atoms with Crippen molar-refractivity contribution in [1.82, 2.24) is 0 Å². The van der Waals surface area contributed by atoms with Gasteiger partial charge in [-0.1, -0.05) is 6.07 Å². The van der Waals surface area contributed by atoms with Crippen LogP contribution in [-0.2, 0) is 11.4 Å². The van der Waals surface area contributed by atoms with E-state index >= 15 is 0 Å². The maximum absolute atomic E-state index is 13.3. The lowest BCUT2D eigenvalue weighted by Gasteiger charge is -2.29. The number of rotatable bonds is 2. The van der Waals surface area contributed by atoms with Gasteiger partial charge in [0.05, 0.1) is 23.9 Å². The number of carboxylic acids is 1. The smallest absolute Gasteiger partial charge is 0.335 e. The van der Waals surface area contributed by atoms with Crippen molar-refractivity contribution in [1.29, 1.82) is 0 Å². The summed E-state index contributed by atoms with van der Waals surface area (Å²) in [6.45, 7) is 0. The van der Waals surface area contributed by atoms with Gasteiger partial charge in [0.15, 0.2) is 11.6 Å². The number of halogens is 2. The first-order chi connectivity index (χ1) is 11.8. The molecule has 0 saturated heterocycles. The number of carbonyl (C=O) groups excluding carboxylic acids is 1. The number of carboxylic acid groups (broad SMARTS) is 1. The van der Waals surface area contributed by atoms with Gasteiger partial charge >= 0.3 is 5.97 Å². The zero-order valence-corrected chi connectivity index (χ0v) is 13.6. The van der Waals surface area contributed by atoms with Crippen LogP contribution in [0.2, 0.25) is 0 Å². The van der Waals surface area contributed by atoms with E-state index in [1.807, 2.05) is 0 Å². The molecule has 128 valence electrons. The molecule has 0 saturated carbocycles. The summed E-state index contributed by atoms with van der Waals surface area (Å²) < 4.78 is 40.2. The van der Waals surface area contributed by atoms with E-state index in [1.165, 1.54) is 41.7 Å². The van der Waals surface area contributed by atoms with Crippen LogP contribution in [0.4, 0.5) is 14.5 Å². The number of anilines is 1. The minimum atomic E-state index is -1.86. The van der Waals surface area contributed by atoms with E-state index in [9.17, 15) is 22.9 Å². The molecule has 1 atom stereocenters. The summed E-state index contributed by atoms with van der Waals surface area (Å²) in [4.78, 5) is 23.6. The highest BCUT2D eigenvalue weighted by Gasteiger charge is 2.38. The Morgan fingerprint density at radius 3 is 2.56 bits per heavy atom. The van der Waals surface area contributed by atoms with E-state index in [-0.39, 0.29) is 21.6 Å². The lowest BCUT2D eigenvalue weighted by atomic mass is 10.0. The quantitative estimate of drug-likeness (QED) is 0.655. The van der Waals surface area contributed by atoms with E-state index in [1.54, 1.807) is 0 Å². The van der Waals surface area contributed by atoms with Crippen LogP contribution in [-0.4, -0.2) is 28.5 Å². The molecule has 1 heterocycles. The average Bonchev–Trinajstić information content (AvgIpc) is 2.59. The Morgan fingerprint density at radius 1 is 1.20 bits per heavy atom. The van der Waals surface area contributed by atoms with Gasteiger partial charge in [-0.3, -0.25) is 4.79 Å². The molecule has 0 fully saturated rings. The van der Waals surface area contributed by atoms with Crippen LogP contribution >= 0.6 is 0 Å². The highest BCUT2D eigenvalue weighted by atomic mass is 32.2. The summed E-state index contributed by atoms with van der Waals surface area (Å²) in [5, 5.41) is 9.07. The van der Waals surface area contributed by atoms with Crippen molar-refractivity contribution in [3.8, 4) is 0 Å². The molecule has 0 spiro atoms. The van der Waals surface area contributed by atoms with Gasteiger partial charge < -0.3 is 9.66 Å². The maximum atomic E-state index is 13.3. The second-order valence-electron chi connectivity index (χ2n) is 5.29. The van der Waals surface area contributed by atoms with Gasteiger partial charge in [-0.25, -0.2) is 13.6 Å². The summed E-state index contributed by atoms with van der Waals surface area (Å²) in [6, 6.07) is 6.95. The first kappa shape index (κ1) is 17.1. The second kappa shape index (κ2) is 6.30. The Hall–Kier alpha value is -2.71. The molecule has 0 bridgehead atoms. The van der Waals surface area contributed by atoms with Gasteiger partial charge in [-0.05, 0) is 35.9 Å². The number of nitrogens with zero attached hydrogens (tertiary/aromatic N) is 1. The topological polar surface area (TPSA) is 80.7 Å². The molecule has 1 unspecified atom stereocenters. The first-order valence-electron chi connectivity index (χ1n) is 7.04. The summed E-state index contributed by atoms with van der Waals surface area (Å²) >= 11 is -1.86. The molecular weight excluding hydrogens is 352 g/mol. The molecule has 8 heteroatoms. The van der Waals surface area contributed by atoms with Crippen molar-refractivity contribution in [3.63, 3.8) is 0 Å². The summed E-state index contributed by atoms with van der Waals surface area (Å²) in [6.07, 6.45) is 1.20. The minimum absolute atomic E-state index is 0.0795. The third-order valence-electron chi connectivity index (χ3n) is 3.73. The van der Waals surface area contributed by atoms with Gasteiger partial charge in [-0.2, -0.15) is 4.31 Å². The molecule has 5 nitrogen and oxygen atoms in total. The lowest BCUT2D eigenvalue weighted by Crippen LogP contribution is -2.36. The number of allylic oxidation sites excluding steroid dienone is 1. The Balaban J connectivity index is 2.11. The first-order valence-corrected chi connectivity index (χ1v) is 8.14. The van der Waals surface area contributed by atoms with E-state index in [0.29, 0.717) is 5.69 Å². The fourth-order valence-corrected chi connectivity index (χ4v) is 3.58. The SMILES string of the molecule is CN1c2ccc(C(=O)O)cc2C(=O)/C(=C\c2ccc(F)c(F)c2)[S+]1[O-]. The number of hydrogen-bond acceptors (Lipinski definition) is 4. The van der Waals surface area contributed by atoms with Crippen LogP contribution in [0.25, 0.3) is 6.08 Å². The normalized spacial score (nSPS) is 18.4. The van der Waals surface area contributed by atoms with E-state index in [4.69, 9.17) is 5.11 Å². The molecule has 3 rings (SSSR count). The van der Waals surface area contributed by atoms with Crippen LogP contribution in [0.1, 0.15) is 26.3 Å². The number of carbonyl (C=O) groups is 2. The number of fused-ring (bicyclic) bond motifs is 1. The standard InChI is InChI=1S/C17H11F2NO4S/c1-20-14-5-3-10(17(22)23)8-11(14)16(21)15(25(20)24)7-9-2-4-12(18)13(19)6-9/h2-8H,1H3,(H,22,23)/b15-7+. The van der Waals surface area contributed by atoms with Gasteiger partial charge in [0.2, 0.25) is 10.7 Å². The lowest BCUT2D eigenvalue weighted by molar-refractivity contribution is 0.0697. The van der Waals surface area contributed by atoms with Gasteiger partial charge in [0.1, 0.15) is 11.4 Å². The predicted molar refractivity (Wildman–Crippen MR) is 88.6 cm³/mol. The molecule has 1 N–H and O–H groups in total. The van der Waals surface area contributed by atoms with Gasteiger partial charge in [-0.15, -0.1) is 0 Å². The zero-order chi connectivity index (χ0) is 18.3. The average molecular weight is 363 g/mol.